The third-order valence-corrected chi connectivity index (χ3v) is 2.09. The van der Waals surface area contributed by atoms with E-state index >= 15 is 0 Å². The second-order valence-electron chi connectivity index (χ2n) is 2.96. The first kappa shape index (κ1) is 8.13. The number of hydrogen-bond donors (Lipinski definition) is 1. The highest BCUT2D eigenvalue weighted by Crippen LogP contribution is 2.16. The summed E-state index contributed by atoms with van der Waals surface area (Å²) in [6, 6.07) is 2.58. The van der Waals surface area contributed by atoms with Crippen LogP contribution >= 0.6 is 0 Å². The number of allylic oxidation sites excluding steroid dienone is 1. The van der Waals surface area contributed by atoms with Gasteiger partial charge in [0.25, 0.3) is 0 Å². The van der Waals surface area contributed by atoms with E-state index in [1.165, 1.54) is 38.2 Å². The molecule has 0 radical (unpaired) electrons. The summed E-state index contributed by atoms with van der Waals surface area (Å²) in [7, 11) is 0. The van der Waals surface area contributed by atoms with E-state index < -0.39 is 0 Å². The van der Waals surface area contributed by atoms with E-state index in [0.29, 0.717) is 6.04 Å². The maximum atomic E-state index is 8.22. The molecule has 0 amide bonds. The van der Waals surface area contributed by atoms with Crippen LogP contribution in [0.25, 0.3) is 0 Å². The zero-order valence-corrected chi connectivity index (χ0v) is 6.71. The zero-order valence-electron chi connectivity index (χ0n) is 6.71. The van der Waals surface area contributed by atoms with Crippen molar-refractivity contribution in [2.45, 2.75) is 38.1 Å². The summed E-state index contributed by atoms with van der Waals surface area (Å²) in [4.78, 5) is 0. The van der Waals surface area contributed by atoms with E-state index in [4.69, 9.17) is 5.26 Å². The van der Waals surface area contributed by atoms with Crippen LogP contribution in [0, 0.1) is 11.3 Å². The lowest BCUT2D eigenvalue weighted by Crippen LogP contribution is -2.26. The molecule has 0 aliphatic heterocycles. The molecule has 1 aliphatic carbocycles. The second kappa shape index (κ2) is 4.79. The van der Waals surface area contributed by atoms with Crippen molar-refractivity contribution in [3.8, 4) is 6.07 Å². The van der Waals surface area contributed by atoms with Crippen LogP contribution in [0.2, 0.25) is 0 Å². The van der Waals surface area contributed by atoms with Gasteiger partial charge in [-0.25, -0.2) is 0 Å². The Bertz CT molecular complexity index is 161. The summed E-state index contributed by atoms with van der Waals surface area (Å²) in [6.45, 7) is 0. The maximum absolute atomic E-state index is 8.22. The van der Waals surface area contributed by atoms with Crippen LogP contribution in [-0.2, 0) is 0 Å². The van der Waals surface area contributed by atoms with Gasteiger partial charge in [-0.1, -0.05) is 19.3 Å². The Morgan fingerprint density at radius 1 is 1.27 bits per heavy atom. The highest BCUT2D eigenvalue weighted by molar-refractivity contribution is 5.01. The Kier molecular flexibility index (Phi) is 3.54. The van der Waals surface area contributed by atoms with Crippen molar-refractivity contribution in [3.63, 3.8) is 0 Å². The fraction of sp³-hybridized carbons (Fsp3) is 0.667. The number of hydrogen-bond acceptors (Lipinski definition) is 2. The van der Waals surface area contributed by atoms with Gasteiger partial charge in [0.05, 0.1) is 6.07 Å². The van der Waals surface area contributed by atoms with Gasteiger partial charge in [-0.2, -0.15) is 5.26 Å². The minimum Gasteiger partial charge on any atom is -0.388 e. The Morgan fingerprint density at radius 3 is 2.64 bits per heavy atom. The highest BCUT2D eigenvalue weighted by atomic mass is 14.9. The Balaban J connectivity index is 2.15. The average molecular weight is 150 g/mol. The van der Waals surface area contributed by atoms with Crippen molar-refractivity contribution >= 4 is 0 Å². The quantitative estimate of drug-likeness (QED) is 0.611. The number of nitrogens with zero attached hydrogens (tertiary/aromatic N) is 1. The lowest BCUT2D eigenvalue weighted by Gasteiger charge is -2.21. The van der Waals surface area contributed by atoms with Crippen molar-refractivity contribution in [2.75, 3.05) is 0 Å². The van der Waals surface area contributed by atoms with Crippen LogP contribution in [-0.4, -0.2) is 6.04 Å². The number of nitrogens with one attached hydrogen (secondary N) is 1. The Morgan fingerprint density at radius 2 is 2.00 bits per heavy atom. The normalized spacial score (nSPS) is 19.9. The van der Waals surface area contributed by atoms with Crippen LogP contribution in [0.3, 0.4) is 0 Å². The lowest BCUT2D eigenvalue weighted by molar-refractivity contribution is 0.404. The van der Waals surface area contributed by atoms with E-state index in [-0.39, 0.29) is 0 Å². The molecule has 0 aromatic carbocycles. The van der Waals surface area contributed by atoms with Crippen molar-refractivity contribution in [3.05, 3.63) is 12.3 Å². The molecule has 0 saturated heterocycles. The van der Waals surface area contributed by atoms with Crippen molar-refractivity contribution in [1.82, 2.24) is 5.32 Å². The van der Waals surface area contributed by atoms with E-state index in [9.17, 15) is 0 Å². The van der Waals surface area contributed by atoms with E-state index in [1.54, 1.807) is 6.20 Å². The first-order valence-electron chi connectivity index (χ1n) is 4.24. The minimum atomic E-state index is 0.619. The van der Waals surface area contributed by atoms with Gasteiger partial charge < -0.3 is 5.32 Å². The highest BCUT2D eigenvalue weighted by Gasteiger charge is 2.10. The van der Waals surface area contributed by atoms with Gasteiger partial charge in [0, 0.05) is 18.3 Å². The van der Waals surface area contributed by atoms with Gasteiger partial charge in [0.2, 0.25) is 0 Å². The molecule has 0 atom stereocenters. The van der Waals surface area contributed by atoms with E-state index in [2.05, 4.69) is 5.32 Å². The average Bonchev–Trinajstić information content (AvgIpc) is 2.07. The maximum Gasteiger partial charge on any atom is 0.0927 e. The molecular formula is C9H14N2. The largest absolute Gasteiger partial charge is 0.388 e. The predicted octanol–water partition coefficient (Wildman–Crippen LogP) is 1.95. The van der Waals surface area contributed by atoms with Crippen LogP contribution < -0.4 is 5.32 Å². The molecule has 1 saturated carbocycles. The van der Waals surface area contributed by atoms with Gasteiger partial charge in [-0.3, -0.25) is 0 Å². The molecule has 1 N–H and O–H groups in total. The van der Waals surface area contributed by atoms with Gasteiger partial charge in [0.1, 0.15) is 0 Å². The molecule has 0 bridgehead atoms. The summed E-state index contributed by atoms with van der Waals surface area (Å²) in [6.07, 6.45) is 9.81. The third-order valence-electron chi connectivity index (χ3n) is 2.09. The molecule has 0 heterocycles. The standard InChI is InChI=1S/C9H14N2/c10-7-4-8-11-9-5-2-1-3-6-9/h4,8-9,11H,1-3,5-6H2/b8-4+. The van der Waals surface area contributed by atoms with Crippen LogP contribution in [0.4, 0.5) is 0 Å². The second-order valence-corrected chi connectivity index (χ2v) is 2.96. The van der Waals surface area contributed by atoms with Crippen LogP contribution in [0.5, 0.6) is 0 Å². The molecule has 2 nitrogen and oxygen atoms in total. The molecule has 1 rings (SSSR count). The molecule has 11 heavy (non-hydrogen) atoms. The van der Waals surface area contributed by atoms with Gasteiger partial charge in [-0.05, 0) is 12.8 Å². The molecule has 0 aromatic heterocycles. The van der Waals surface area contributed by atoms with Crippen molar-refractivity contribution in [2.24, 2.45) is 0 Å². The molecule has 2 heteroatoms. The predicted molar refractivity (Wildman–Crippen MR) is 44.8 cm³/mol. The summed E-state index contributed by atoms with van der Waals surface area (Å²) < 4.78 is 0. The minimum absolute atomic E-state index is 0.619. The molecule has 1 fully saturated rings. The van der Waals surface area contributed by atoms with Crippen molar-refractivity contribution < 1.29 is 0 Å². The summed E-state index contributed by atoms with van der Waals surface area (Å²) in [5.41, 5.74) is 0. The third kappa shape index (κ3) is 3.08. The van der Waals surface area contributed by atoms with E-state index in [0.717, 1.165) is 0 Å². The van der Waals surface area contributed by atoms with E-state index in [1.807, 2.05) is 6.07 Å². The fourth-order valence-corrected chi connectivity index (χ4v) is 1.49. The lowest BCUT2D eigenvalue weighted by atomic mass is 9.96. The molecule has 0 aromatic rings. The Hall–Kier alpha value is -0.970. The molecule has 60 valence electrons. The Labute approximate surface area is 67.9 Å². The topological polar surface area (TPSA) is 35.8 Å². The van der Waals surface area contributed by atoms with Gasteiger partial charge in [0.15, 0.2) is 0 Å². The molecule has 0 spiro atoms. The number of nitriles is 1. The summed E-state index contributed by atoms with van der Waals surface area (Å²) in [5.74, 6) is 0. The smallest absolute Gasteiger partial charge is 0.0927 e. The summed E-state index contributed by atoms with van der Waals surface area (Å²) >= 11 is 0. The van der Waals surface area contributed by atoms with Crippen molar-refractivity contribution in [1.29, 1.82) is 5.26 Å². The number of rotatable bonds is 2. The molecular weight excluding hydrogens is 136 g/mol. The molecule has 0 unspecified atom stereocenters. The SMILES string of the molecule is N#C/C=C/NC1CCCCC1. The first-order chi connectivity index (χ1) is 5.43. The van der Waals surface area contributed by atoms with Gasteiger partial charge >= 0.3 is 0 Å². The van der Waals surface area contributed by atoms with Crippen LogP contribution in [0.1, 0.15) is 32.1 Å². The first-order valence-corrected chi connectivity index (χ1v) is 4.24. The van der Waals surface area contributed by atoms with Crippen LogP contribution in [0.15, 0.2) is 12.3 Å². The molecule has 1 aliphatic rings. The monoisotopic (exact) mass is 150 g/mol. The van der Waals surface area contributed by atoms with Gasteiger partial charge in [-0.15, -0.1) is 0 Å². The zero-order chi connectivity index (χ0) is 7.94. The summed E-state index contributed by atoms with van der Waals surface area (Å²) in [5, 5.41) is 11.4. The fourth-order valence-electron chi connectivity index (χ4n) is 1.49.